The van der Waals surface area contributed by atoms with Crippen molar-refractivity contribution in [2.75, 3.05) is 11.1 Å². The third-order valence-corrected chi connectivity index (χ3v) is 3.70. The van der Waals surface area contributed by atoms with Crippen LogP contribution in [0, 0.1) is 0 Å². The van der Waals surface area contributed by atoms with E-state index in [1.807, 2.05) is 42.5 Å². The minimum absolute atomic E-state index is 0.0359. The number of aromatic nitrogens is 3. The Morgan fingerprint density at radius 3 is 2.90 bits per heavy atom. The van der Waals surface area contributed by atoms with Crippen LogP contribution < -0.4 is 5.32 Å². The predicted molar refractivity (Wildman–Crippen MR) is 78.8 cm³/mol. The number of nitrogens with one attached hydrogen (secondary N) is 1. The van der Waals surface area contributed by atoms with Crippen molar-refractivity contribution in [3.8, 4) is 0 Å². The number of carbonyl (C=O) groups excluding carboxylic acids is 1. The number of anilines is 1. The topological polar surface area (TPSA) is 59.3 Å². The lowest BCUT2D eigenvalue weighted by Gasteiger charge is -2.05. The summed E-state index contributed by atoms with van der Waals surface area (Å²) < 4.78 is 1.76. The summed E-state index contributed by atoms with van der Waals surface area (Å²) in [4.78, 5) is 13.0. The Bertz CT molecular complexity index is 726. The molecular weight excluding hydrogens is 272 g/mol. The third-order valence-electron chi connectivity index (χ3n) is 2.69. The molecule has 3 rings (SSSR count). The van der Waals surface area contributed by atoms with Gasteiger partial charge in [0.1, 0.15) is 6.33 Å². The molecule has 1 amide bonds. The maximum absolute atomic E-state index is 11.9. The number of hydrogen-bond acceptors (Lipinski definition) is 4. The third kappa shape index (κ3) is 2.97. The van der Waals surface area contributed by atoms with Gasteiger partial charge in [-0.15, -0.1) is 22.0 Å². The summed E-state index contributed by atoms with van der Waals surface area (Å²) >= 11 is 1.51. The van der Waals surface area contributed by atoms with Gasteiger partial charge >= 0.3 is 0 Å². The van der Waals surface area contributed by atoms with E-state index in [9.17, 15) is 4.79 Å². The Balaban J connectivity index is 1.61. The van der Waals surface area contributed by atoms with Crippen LogP contribution in [0.1, 0.15) is 0 Å². The lowest BCUT2D eigenvalue weighted by molar-refractivity contribution is -0.113. The highest BCUT2D eigenvalue weighted by Crippen LogP contribution is 2.17. The van der Waals surface area contributed by atoms with Crippen molar-refractivity contribution in [1.82, 2.24) is 14.6 Å². The first-order chi connectivity index (χ1) is 9.81. The van der Waals surface area contributed by atoms with Crippen LogP contribution in [0.15, 0.2) is 59.9 Å². The zero-order valence-electron chi connectivity index (χ0n) is 10.6. The highest BCUT2D eigenvalue weighted by atomic mass is 32.2. The van der Waals surface area contributed by atoms with Crippen LogP contribution in [-0.2, 0) is 4.79 Å². The molecule has 0 unspecified atom stereocenters. The van der Waals surface area contributed by atoms with E-state index in [1.165, 1.54) is 11.8 Å². The molecule has 0 aliphatic carbocycles. The molecule has 2 heterocycles. The zero-order chi connectivity index (χ0) is 13.8. The van der Waals surface area contributed by atoms with Gasteiger partial charge in [-0.05, 0) is 24.3 Å². The molecule has 1 aromatic carbocycles. The molecule has 0 atom stereocenters. The van der Waals surface area contributed by atoms with Crippen LogP contribution in [0.5, 0.6) is 0 Å². The van der Waals surface area contributed by atoms with E-state index in [4.69, 9.17) is 0 Å². The number of fused-ring (bicyclic) bond motifs is 1. The molecule has 0 saturated carbocycles. The highest BCUT2D eigenvalue weighted by molar-refractivity contribution is 8.00. The van der Waals surface area contributed by atoms with E-state index < -0.39 is 0 Å². The summed E-state index contributed by atoms with van der Waals surface area (Å²) in [6.45, 7) is 0. The normalized spacial score (nSPS) is 10.6. The van der Waals surface area contributed by atoms with Gasteiger partial charge in [0.15, 0.2) is 5.65 Å². The monoisotopic (exact) mass is 284 g/mol. The predicted octanol–water partition coefficient (Wildman–Crippen LogP) is 2.46. The molecule has 0 bridgehead atoms. The Morgan fingerprint density at radius 1 is 1.20 bits per heavy atom. The molecule has 0 radical (unpaired) electrons. The first kappa shape index (κ1) is 12.7. The van der Waals surface area contributed by atoms with E-state index in [-0.39, 0.29) is 5.91 Å². The van der Waals surface area contributed by atoms with Gasteiger partial charge in [-0.2, -0.15) is 0 Å². The molecule has 20 heavy (non-hydrogen) atoms. The SMILES string of the molecule is O=C(CSc1ccccc1)Nc1ccc2nncn2c1. The first-order valence-electron chi connectivity index (χ1n) is 6.08. The average Bonchev–Trinajstić information content (AvgIpc) is 2.94. The van der Waals surface area contributed by atoms with Gasteiger partial charge in [0.25, 0.3) is 0 Å². The van der Waals surface area contributed by atoms with Crippen molar-refractivity contribution >= 4 is 29.0 Å². The Morgan fingerprint density at radius 2 is 2.05 bits per heavy atom. The number of amides is 1. The van der Waals surface area contributed by atoms with Gasteiger partial charge in [-0.3, -0.25) is 9.20 Å². The summed E-state index contributed by atoms with van der Waals surface area (Å²) in [7, 11) is 0. The van der Waals surface area contributed by atoms with Gasteiger partial charge in [-0.1, -0.05) is 18.2 Å². The molecule has 6 heteroatoms. The van der Waals surface area contributed by atoms with Crippen LogP contribution in [0.4, 0.5) is 5.69 Å². The molecule has 0 saturated heterocycles. The zero-order valence-corrected chi connectivity index (χ0v) is 11.4. The Kier molecular flexibility index (Phi) is 3.64. The smallest absolute Gasteiger partial charge is 0.234 e. The summed E-state index contributed by atoms with van der Waals surface area (Å²) in [5.74, 6) is 0.343. The summed E-state index contributed by atoms with van der Waals surface area (Å²) in [5, 5.41) is 10.6. The van der Waals surface area contributed by atoms with Crippen LogP contribution in [-0.4, -0.2) is 26.3 Å². The summed E-state index contributed by atoms with van der Waals surface area (Å²) in [6, 6.07) is 13.5. The molecule has 2 aromatic heterocycles. The fourth-order valence-corrected chi connectivity index (χ4v) is 2.48. The van der Waals surface area contributed by atoms with Crippen LogP contribution >= 0.6 is 11.8 Å². The fraction of sp³-hybridized carbons (Fsp3) is 0.0714. The Hall–Kier alpha value is -2.34. The van der Waals surface area contributed by atoms with E-state index in [1.54, 1.807) is 16.9 Å². The molecule has 0 spiro atoms. The fourth-order valence-electron chi connectivity index (χ4n) is 1.76. The van der Waals surface area contributed by atoms with Crippen LogP contribution in [0.25, 0.3) is 5.65 Å². The van der Waals surface area contributed by atoms with Gasteiger partial charge in [0.2, 0.25) is 5.91 Å². The number of pyridine rings is 1. The molecule has 0 aliphatic rings. The van der Waals surface area contributed by atoms with Crippen molar-refractivity contribution in [2.24, 2.45) is 0 Å². The number of rotatable bonds is 4. The molecule has 0 fully saturated rings. The highest BCUT2D eigenvalue weighted by Gasteiger charge is 2.04. The molecular formula is C14H12N4OS. The van der Waals surface area contributed by atoms with E-state index >= 15 is 0 Å². The minimum Gasteiger partial charge on any atom is -0.324 e. The van der Waals surface area contributed by atoms with Gasteiger partial charge in [0, 0.05) is 11.1 Å². The first-order valence-corrected chi connectivity index (χ1v) is 7.07. The molecule has 100 valence electrons. The molecule has 0 aliphatic heterocycles. The summed E-state index contributed by atoms with van der Waals surface area (Å²) in [5.41, 5.74) is 1.48. The quantitative estimate of drug-likeness (QED) is 0.748. The van der Waals surface area contributed by atoms with E-state index in [0.717, 1.165) is 16.2 Å². The largest absolute Gasteiger partial charge is 0.324 e. The number of hydrogen-bond donors (Lipinski definition) is 1. The molecule has 5 nitrogen and oxygen atoms in total. The summed E-state index contributed by atoms with van der Waals surface area (Å²) in [6.07, 6.45) is 3.39. The lowest BCUT2D eigenvalue weighted by Crippen LogP contribution is -2.14. The second kappa shape index (κ2) is 5.75. The van der Waals surface area contributed by atoms with E-state index in [0.29, 0.717) is 5.75 Å². The standard InChI is InChI=1S/C14H12N4OS/c19-14(9-20-12-4-2-1-3-5-12)16-11-6-7-13-17-15-10-18(13)8-11/h1-8,10H,9H2,(H,16,19). The van der Waals surface area contributed by atoms with Crippen molar-refractivity contribution < 1.29 is 4.79 Å². The minimum atomic E-state index is -0.0359. The van der Waals surface area contributed by atoms with Gasteiger partial charge in [0.05, 0.1) is 11.4 Å². The van der Waals surface area contributed by atoms with Crippen molar-refractivity contribution in [3.05, 3.63) is 55.0 Å². The van der Waals surface area contributed by atoms with Crippen molar-refractivity contribution in [1.29, 1.82) is 0 Å². The molecule has 1 N–H and O–H groups in total. The molecule has 3 aromatic rings. The number of thioether (sulfide) groups is 1. The number of benzene rings is 1. The second-order valence-corrected chi connectivity index (χ2v) is 5.21. The second-order valence-electron chi connectivity index (χ2n) is 4.16. The maximum atomic E-state index is 11.9. The Labute approximate surface area is 120 Å². The number of nitrogens with zero attached hydrogens (tertiary/aromatic N) is 3. The average molecular weight is 284 g/mol. The van der Waals surface area contributed by atoms with E-state index in [2.05, 4.69) is 15.5 Å². The maximum Gasteiger partial charge on any atom is 0.234 e. The van der Waals surface area contributed by atoms with Crippen molar-refractivity contribution in [2.45, 2.75) is 4.90 Å². The van der Waals surface area contributed by atoms with Gasteiger partial charge < -0.3 is 5.32 Å². The lowest BCUT2D eigenvalue weighted by atomic mass is 10.4. The van der Waals surface area contributed by atoms with Gasteiger partial charge in [-0.25, -0.2) is 0 Å². The van der Waals surface area contributed by atoms with Crippen LogP contribution in [0.3, 0.4) is 0 Å². The van der Waals surface area contributed by atoms with Crippen molar-refractivity contribution in [3.63, 3.8) is 0 Å². The van der Waals surface area contributed by atoms with Crippen LogP contribution in [0.2, 0.25) is 0 Å². The number of carbonyl (C=O) groups is 1.